The molecule has 2 aromatic carbocycles. The Kier molecular flexibility index (Phi) is 6.22. The number of benzene rings is 2. The van der Waals surface area contributed by atoms with Crippen molar-refractivity contribution in [2.24, 2.45) is 5.10 Å². The number of nitrogens with one attached hydrogen (secondary N) is 1. The molecular formula is C22H23N3O3. The number of fused-ring (bicyclic) bond motifs is 1. The Morgan fingerprint density at radius 2 is 1.82 bits per heavy atom. The van der Waals surface area contributed by atoms with Crippen LogP contribution in [0.25, 0.3) is 10.9 Å². The Balaban J connectivity index is 1.96. The molecular weight excluding hydrogens is 354 g/mol. The highest BCUT2D eigenvalue weighted by atomic mass is 16.3. The van der Waals surface area contributed by atoms with Gasteiger partial charge in [0.1, 0.15) is 11.3 Å². The molecule has 1 aromatic heterocycles. The second-order valence-electron chi connectivity index (χ2n) is 6.51. The van der Waals surface area contributed by atoms with Gasteiger partial charge < -0.3 is 9.67 Å². The van der Waals surface area contributed by atoms with E-state index in [1.165, 1.54) is 6.21 Å². The quantitative estimate of drug-likeness (QED) is 0.374. The van der Waals surface area contributed by atoms with Crippen LogP contribution in [0, 0.1) is 0 Å². The number of pyridine rings is 1. The van der Waals surface area contributed by atoms with Crippen LogP contribution in [0.15, 0.2) is 64.5 Å². The Labute approximate surface area is 163 Å². The molecule has 3 aromatic rings. The van der Waals surface area contributed by atoms with E-state index in [2.05, 4.69) is 17.5 Å². The SMILES string of the molecule is CCCCCn1c(=O)c(C(=O)NN=Cc2ccccc2)c(O)c2ccccc21. The van der Waals surface area contributed by atoms with E-state index in [9.17, 15) is 14.7 Å². The lowest BCUT2D eigenvalue weighted by Crippen LogP contribution is -2.31. The summed E-state index contributed by atoms with van der Waals surface area (Å²) in [6, 6.07) is 16.3. The zero-order valence-electron chi connectivity index (χ0n) is 15.8. The summed E-state index contributed by atoms with van der Waals surface area (Å²) in [6.45, 7) is 2.57. The van der Waals surface area contributed by atoms with Gasteiger partial charge in [0.25, 0.3) is 11.5 Å². The van der Waals surface area contributed by atoms with Gasteiger partial charge in [0.2, 0.25) is 0 Å². The van der Waals surface area contributed by atoms with Crippen LogP contribution in [-0.4, -0.2) is 21.8 Å². The first kappa shape index (κ1) is 19.4. The van der Waals surface area contributed by atoms with E-state index < -0.39 is 11.5 Å². The molecule has 2 N–H and O–H groups in total. The molecule has 1 amide bonds. The van der Waals surface area contributed by atoms with E-state index in [4.69, 9.17) is 0 Å². The number of carbonyl (C=O) groups excluding carboxylic acids is 1. The number of hydrogen-bond donors (Lipinski definition) is 2. The number of nitrogens with zero attached hydrogens (tertiary/aromatic N) is 2. The third-order valence-corrected chi connectivity index (χ3v) is 4.54. The summed E-state index contributed by atoms with van der Waals surface area (Å²) in [6.07, 6.45) is 4.30. The van der Waals surface area contributed by atoms with Crippen LogP contribution in [0.3, 0.4) is 0 Å². The van der Waals surface area contributed by atoms with E-state index in [0.29, 0.717) is 17.4 Å². The summed E-state index contributed by atoms with van der Waals surface area (Å²) in [5.41, 5.74) is 2.96. The van der Waals surface area contributed by atoms with Crippen molar-refractivity contribution in [3.63, 3.8) is 0 Å². The molecule has 0 radical (unpaired) electrons. The maximum atomic E-state index is 13.0. The fourth-order valence-electron chi connectivity index (χ4n) is 3.10. The Hall–Kier alpha value is -3.41. The molecule has 0 aliphatic carbocycles. The highest BCUT2D eigenvalue weighted by molar-refractivity contribution is 6.02. The number of hydrazone groups is 1. The van der Waals surface area contributed by atoms with Crippen LogP contribution >= 0.6 is 0 Å². The molecule has 0 atom stereocenters. The third kappa shape index (κ3) is 4.11. The highest BCUT2D eigenvalue weighted by Gasteiger charge is 2.21. The predicted octanol–water partition coefficient (Wildman–Crippen LogP) is 3.66. The average Bonchev–Trinajstić information content (AvgIpc) is 2.71. The predicted molar refractivity (Wildman–Crippen MR) is 111 cm³/mol. The summed E-state index contributed by atoms with van der Waals surface area (Å²) in [5.74, 6) is -1.05. The number of hydrogen-bond acceptors (Lipinski definition) is 4. The van der Waals surface area contributed by atoms with Gasteiger partial charge in [-0.2, -0.15) is 5.10 Å². The third-order valence-electron chi connectivity index (χ3n) is 4.54. The number of rotatable bonds is 7. The fraction of sp³-hybridized carbons (Fsp3) is 0.227. The summed E-state index contributed by atoms with van der Waals surface area (Å²) in [5, 5.41) is 15.0. The number of aryl methyl sites for hydroxylation is 1. The van der Waals surface area contributed by atoms with Crippen LogP contribution in [0.4, 0.5) is 0 Å². The van der Waals surface area contributed by atoms with E-state index in [-0.39, 0.29) is 11.3 Å². The van der Waals surface area contributed by atoms with Gasteiger partial charge in [-0.15, -0.1) is 0 Å². The van der Waals surface area contributed by atoms with Gasteiger partial charge in [-0.1, -0.05) is 62.2 Å². The minimum atomic E-state index is -0.732. The maximum Gasteiger partial charge on any atom is 0.280 e. The standard InChI is InChI=1S/C22H23N3O3/c1-2-3-9-14-25-18-13-8-7-12-17(18)20(26)19(22(25)28)21(27)24-23-15-16-10-5-4-6-11-16/h4-8,10-13,15,26H,2-3,9,14H2,1H3,(H,24,27). The van der Waals surface area contributed by atoms with Gasteiger partial charge in [-0.25, -0.2) is 5.43 Å². The van der Waals surface area contributed by atoms with Crippen LogP contribution in [0.2, 0.25) is 0 Å². The summed E-state index contributed by atoms with van der Waals surface area (Å²) < 4.78 is 1.56. The first-order chi connectivity index (χ1) is 13.6. The number of unbranched alkanes of at least 4 members (excludes halogenated alkanes) is 2. The Morgan fingerprint density at radius 1 is 1.11 bits per heavy atom. The molecule has 0 saturated heterocycles. The molecule has 0 fully saturated rings. The van der Waals surface area contributed by atoms with Crippen molar-refractivity contribution < 1.29 is 9.90 Å². The first-order valence-electron chi connectivity index (χ1n) is 9.36. The van der Waals surface area contributed by atoms with Crippen LogP contribution in [0.1, 0.15) is 42.1 Å². The molecule has 144 valence electrons. The Morgan fingerprint density at radius 3 is 2.57 bits per heavy atom. The lowest BCUT2D eigenvalue weighted by molar-refractivity contribution is 0.0950. The van der Waals surface area contributed by atoms with E-state index in [1.54, 1.807) is 28.8 Å². The van der Waals surface area contributed by atoms with Crippen LogP contribution < -0.4 is 11.0 Å². The first-order valence-corrected chi connectivity index (χ1v) is 9.36. The number of para-hydroxylation sites is 1. The smallest absolute Gasteiger partial charge is 0.280 e. The maximum absolute atomic E-state index is 13.0. The summed E-state index contributed by atoms with van der Waals surface area (Å²) >= 11 is 0. The summed E-state index contributed by atoms with van der Waals surface area (Å²) in [4.78, 5) is 25.6. The minimum absolute atomic E-state index is 0.291. The summed E-state index contributed by atoms with van der Waals surface area (Å²) in [7, 11) is 0. The molecule has 0 saturated carbocycles. The zero-order chi connectivity index (χ0) is 19.9. The van der Waals surface area contributed by atoms with Crippen LogP contribution in [0.5, 0.6) is 5.75 Å². The molecule has 0 aliphatic heterocycles. The largest absolute Gasteiger partial charge is 0.506 e. The molecule has 6 heteroatoms. The van der Waals surface area contributed by atoms with Gasteiger partial charge >= 0.3 is 0 Å². The molecule has 28 heavy (non-hydrogen) atoms. The number of carbonyl (C=O) groups is 1. The van der Waals surface area contributed by atoms with E-state index >= 15 is 0 Å². The zero-order valence-corrected chi connectivity index (χ0v) is 15.8. The van der Waals surface area contributed by atoms with Crippen molar-refractivity contribution in [1.29, 1.82) is 0 Å². The molecule has 1 heterocycles. The van der Waals surface area contributed by atoms with Gasteiger partial charge in [0, 0.05) is 11.9 Å². The lowest BCUT2D eigenvalue weighted by Gasteiger charge is -2.14. The second kappa shape index (κ2) is 8.99. The topological polar surface area (TPSA) is 83.7 Å². The van der Waals surface area contributed by atoms with Crippen molar-refractivity contribution in [3.8, 4) is 5.75 Å². The normalized spacial score (nSPS) is 11.2. The monoisotopic (exact) mass is 377 g/mol. The number of aromatic nitrogens is 1. The molecule has 6 nitrogen and oxygen atoms in total. The molecule has 0 unspecified atom stereocenters. The van der Waals surface area contributed by atoms with Crippen molar-refractivity contribution in [1.82, 2.24) is 9.99 Å². The molecule has 0 spiro atoms. The molecule has 0 bridgehead atoms. The van der Waals surface area contributed by atoms with Gasteiger partial charge in [-0.3, -0.25) is 9.59 Å². The van der Waals surface area contributed by atoms with Crippen molar-refractivity contribution in [2.45, 2.75) is 32.7 Å². The van der Waals surface area contributed by atoms with E-state index in [0.717, 1.165) is 24.8 Å². The highest BCUT2D eigenvalue weighted by Crippen LogP contribution is 2.26. The number of amides is 1. The van der Waals surface area contributed by atoms with Gasteiger partial charge in [0.15, 0.2) is 0 Å². The average molecular weight is 377 g/mol. The molecule has 3 rings (SSSR count). The number of aromatic hydroxyl groups is 1. The van der Waals surface area contributed by atoms with Crippen molar-refractivity contribution in [2.75, 3.05) is 0 Å². The minimum Gasteiger partial charge on any atom is -0.506 e. The fourth-order valence-corrected chi connectivity index (χ4v) is 3.10. The van der Waals surface area contributed by atoms with E-state index in [1.807, 2.05) is 30.3 Å². The Bertz CT molecular complexity index is 1060. The van der Waals surface area contributed by atoms with Crippen LogP contribution in [-0.2, 0) is 6.54 Å². The second-order valence-corrected chi connectivity index (χ2v) is 6.51. The lowest BCUT2D eigenvalue weighted by atomic mass is 10.1. The van der Waals surface area contributed by atoms with Gasteiger partial charge in [-0.05, 0) is 24.1 Å². The van der Waals surface area contributed by atoms with Gasteiger partial charge in [0.05, 0.1) is 11.7 Å². The van der Waals surface area contributed by atoms with Crippen molar-refractivity contribution >= 4 is 23.0 Å². The van der Waals surface area contributed by atoms with Crippen molar-refractivity contribution in [3.05, 3.63) is 76.1 Å². The molecule has 0 aliphatic rings.